The normalized spacial score (nSPS) is 18.2. The van der Waals surface area contributed by atoms with Crippen molar-refractivity contribution in [1.82, 2.24) is 9.80 Å². The molecular weight excluding hydrogens is 328 g/mol. The molecule has 0 bridgehead atoms. The fraction of sp³-hybridized carbons (Fsp3) is 0.619. The molecule has 1 aromatic carbocycles. The molecule has 26 heavy (non-hydrogen) atoms. The van der Waals surface area contributed by atoms with Crippen LogP contribution in [0.15, 0.2) is 18.2 Å². The number of carbonyl (C=O) groups is 2. The summed E-state index contributed by atoms with van der Waals surface area (Å²) in [5.41, 5.74) is 2.43. The molecule has 0 radical (unpaired) electrons. The molecule has 2 heterocycles. The first-order chi connectivity index (χ1) is 12.5. The van der Waals surface area contributed by atoms with Crippen molar-refractivity contribution in [3.05, 3.63) is 29.3 Å². The Kier molecular flexibility index (Phi) is 6.17. The largest absolute Gasteiger partial charge is 0.493 e. The van der Waals surface area contributed by atoms with Gasteiger partial charge in [0.25, 0.3) is 0 Å². The highest BCUT2D eigenvalue weighted by Crippen LogP contribution is 2.22. The van der Waals surface area contributed by atoms with Gasteiger partial charge in [0.1, 0.15) is 5.75 Å². The van der Waals surface area contributed by atoms with Crippen LogP contribution < -0.4 is 4.74 Å². The van der Waals surface area contributed by atoms with Crippen molar-refractivity contribution in [2.75, 3.05) is 32.8 Å². The molecule has 1 aromatic rings. The van der Waals surface area contributed by atoms with Gasteiger partial charge in [-0.3, -0.25) is 9.59 Å². The van der Waals surface area contributed by atoms with Crippen molar-refractivity contribution in [3.8, 4) is 5.75 Å². The average molecular weight is 358 g/mol. The molecule has 2 aliphatic rings. The summed E-state index contributed by atoms with van der Waals surface area (Å²) < 4.78 is 5.72. The molecule has 0 aromatic heterocycles. The summed E-state index contributed by atoms with van der Waals surface area (Å²) in [4.78, 5) is 28.7. The van der Waals surface area contributed by atoms with Crippen LogP contribution in [0.4, 0.5) is 0 Å². The summed E-state index contributed by atoms with van der Waals surface area (Å²) in [6.45, 7) is 7.72. The van der Waals surface area contributed by atoms with Gasteiger partial charge in [-0.25, -0.2) is 0 Å². The summed E-state index contributed by atoms with van der Waals surface area (Å²) in [6, 6.07) is 5.99. The monoisotopic (exact) mass is 358 g/mol. The predicted octanol–water partition coefficient (Wildman–Crippen LogP) is 2.93. The molecule has 0 N–H and O–H groups in total. The predicted molar refractivity (Wildman–Crippen MR) is 101 cm³/mol. The van der Waals surface area contributed by atoms with Crippen molar-refractivity contribution in [3.63, 3.8) is 0 Å². The van der Waals surface area contributed by atoms with Crippen LogP contribution in [0.1, 0.15) is 43.2 Å². The van der Waals surface area contributed by atoms with Gasteiger partial charge in [-0.2, -0.15) is 0 Å². The minimum absolute atomic E-state index is 0.101. The van der Waals surface area contributed by atoms with Gasteiger partial charge in [0, 0.05) is 32.1 Å². The summed E-state index contributed by atoms with van der Waals surface area (Å²) in [5, 5.41) is 0. The van der Waals surface area contributed by atoms with Gasteiger partial charge in [-0.1, -0.05) is 6.07 Å². The van der Waals surface area contributed by atoms with Crippen molar-refractivity contribution in [1.29, 1.82) is 0 Å². The van der Waals surface area contributed by atoms with E-state index in [2.05, 4.69) is 13.8 Å². The molecule has 5 heteroatoms. The van der Waals surface area contributed by atoms with E-state index in [0.717, 1.165) is 44.5 Å². The number of hydrogen-bond donors (Lipinski definition) is 0. The zero-order chi connectivity index (χ0) is 18.5. The molecular formula is C21H30N2O3. The van der Waals surface area contributed by atoms with Gasteiger partial charge in [-0.05, 0) is 62.8 Å². The lowest BCUT2D eigenvalue weighted by atomic mass is 9.95. The highest BCUT2D eigenvalue weighted by Gasteiger charge is 2.31. The van der Waals surface area contributed by atoms with Crippen molar-refractivity contribution in [2.45, 2.75) is 46.0 Å². The van der Waals surface area contributed by atoms with Crippen LogP contribution in [0.3, 0.4) is 0 Å². The Morgan fingerprint density at radius 3 is 2.35 bits per heavy atom. The van der Waals surface area contributed by atoms with Crippen LogP contribution in [0.25, 0.3) is 0 Å². The van der Waals surface area contributed by atoms with Crippen LogP contribution >= 0.6 is 0 Å². The number of ether oxygens (including phenoxy) is 1. The molecule has 3 rings (SSSR count). The lowest BCUT2D eigenvalue weighted by Crippen LogP contribution is -2.44. The molecule has 0 aliphatic carbocycles. The second-order valence-electron chi connectivity index (χ2n) is 7.53. The van der Waals surface area contributed by atoms with E-state index < -0.39 is 0 Å². The number of benzene rings is 1. The molecule has 2 saturated heterocycles. The van der Waals surface area contributed by atoms with Crippen LogP contribution in [0, 0.1) is 19.8 Å². The zero-order valence-corrected chi connectivity index (χ0v) is 16.0. The Labute approximate surface area is 156 Å². The van der Waals surface area contributed by atoms with E-state index in [9.17, 15) is 9.59 Å². The number of piperidine rings is 1. The SMILES string of the molecule is Cc1ccc(OCCC(=O)N2CCC(C(=O)N3CCCC3)CC2)cc1C. The summed E-state index contributed by atoms with van der Waals surface area (Å²) in [6.07, 6.45) is 4.23. The van der Waals surface area contributed by atoms with Crippen molar-refractivity contribution in [2.24, 2.45) is 5.92 Å². The van der Waals surface area contributed by atoms with E-state index in [4.69, 9.17) is 4.74 Å². The lowest BCUT2D eigenvalue weighted by Gasteiger charge is -2.33. The number of nitrogens with zero attached hydrogens (tertiary/aromatic N) is 2. The van der Waals surface area contributed by atoms with Gasteiger partial charge in [0.15, 0.2) is 0 Å². The first-order valence-corrected chi connectivity index (χ1v) is 9.81. The molecule has 2 fully saturated rings. The Morgan fingerprint density at radius 2 is 1.69 bits per heavy atom. The highest BCUT2D eigenvalue weighted by molar-refractivity contribution is 5.80. The second kappa shape index (κ2) is 8.56. The Hall–Kier alpha value is -2.04. The van der Waals surface area contributed by atoms with E-state index >= 15 is 0 Å². The van der Waals surface area contributed by atoms with Crippen molar-refractivity contribution >= 4 is 11.8 Å². The summed E-state index contributed by atoms with van der Waals surface area (Å²) in [5.74, 6) is 1.34. The smallest absolute Gasteiger partial charge is 0.225 e. The van der Waals surface area contributed by atoms with Crippen LogP contribution in [0.2, 0.25) is 0 Å². The van der Waals surface area contributed by atoms with E-state index in [1.54, 1.807) is 0 Å². The second-order valence-corrected chi connectivity index (χ2v) is 7.53. The Bertz CT molecular complexity index is 645. The van der Waals surface area contributed by atoms with E-state index in [1.807, 2.05) is 28.0 Å². The van der Waals surface area contributed by atoms with Crippen LogP contribution in [-0.2, 0) is 9.59 Å². The maximum Gasteiger partial charge on any atom is 0.225 e. The summed E-state index contributed by atoms with van der Waals surface area (Å²) >= 11 is 0. The average Bonchev–Trinajstić information content (AvgIpc) is 3.19. The molecule has 2 aliphatic heterocycles. The first kappa shape index (κ1) is 18.7. The van der Waals surface area contributed by atoms with E-state index in [0.29, 0.717) is 32.0 Å². The molecule has 5 nitrogen and oxygen atoms in total. The molecule has 0 unspecified atom stereocenters. The fourth-order valence-corrected chi connectivity index (χ4v) is 3.79. The minimum Gasteiger partial charge on any atom is -0.493 e. The zero-order valence-electron chi connectivity index (χ0n) is 16.0. The van der Waals surface area contributed by atoms with E-state index in [1.165, 1.54) is 11.1 Å². The fourth-order valence-electron chi connectivity index (χ4n) is 3.79. The number of carbonyl (C=O) groups excluding carboxylic acids is 2. The number of aryl methyl sites for hydroxylation is 2. The van der Waals surface area contributed by atoms with E-state index in [-0.39, 0.29) is 11.8 Å². The molecule has 0 saturated carbocycles. The third-order valence-corrected chi connectivity index (χ3v) is 5.68. The van der Waals surface area contributed by atoms with Gasteiger partial charge in [-0.15, -0.1) is 0 Å². The number of likely N-dealkylation sites (tertiary alicyclic amines) is 2. The molecule has 0 atom stereocenters. The molecule has 2 amide bonds. The van der Waals surface area contributed by atoms with Crippen LogP contribution in [0.5, 0.6) is 5.75 Å². The topological polar surface area (TPSA) is 49.9 Å². The Balaban J connectivity index is 1.39. The van der Waals surface area contributed by atoms with Gasteiger partial charge < -0.3 is 14.5 Å². The third-order valence-electron chi connectivity index (χ3n) is 5.68. The summed E-state index contributed by atoms with van der Waals surface area (Å²) in [7, 11) is 0. The highest BCUT2D eigenvalue weighted by atomic mass is 16.5. The third kappa shape index (κ3) is 4.57. The first-order valence-electron chi connectivity index (χ1n) is 9.81. The number of rotatable bonds is 5. The van der Waals surface area contributed by atoms with Gasteiger partial charge in [0.05, 0.1) is 13.0 Å². The van der Waals surface area contributed by atoms with Gasteiger partial charge in [0.2, 0.25) is 11.8 Å². The number of amides is 2. The molecule has 0 spiro atoms. The van der Waals surface area contributed by atoms with Gasteiger partial charge >= 0.3 is 0 Å². The Morgan fingerprint density at radius 1 is 1.00 bits per heavy atom. The number of hydrogen-bond acceptors (Lipinski definition) is 3. The van der Waals surface area contributed by atoms with Crippen molar-refractivity contribution < 1.29 is 14.3 Å². The lowest BCUT2D eigenvalue weighted by molar-refractivity contribution is -0.140. The minimum atomic E-state index is 0.101. The maximum atomic E-state index is 12.5. The van der Waals surface area contributed by atoms with Crippen LogP contribution in [-0.4, -0.2) is 54.4 Å². The quantitative estimate of drug-likeness (QED) is 0.813. The maximum absolute atomic E-state index is 12.5. The molecule has 142 valence electrons. The standard InChI is InChI=1S/C21H30N2O3/c1-16-5-6-19(15-17(16)2)26-14-9-20(24)22-12-7-18(8-13-22)21(25)23-10-3-4-11-23/h5-6,15,18H,3-4,7-14H2,1-2H3.